The van der Waals surface area contributed by atoms with E-state index in [-0.39, 0.29) is 6.04 Å². The third-order valence-corrected chi connectivity index (χ3v) is 3.89. The van der Waals surface area contributed by atoms with Gasteiger partial charge in [-0.2, -0.15) is 0 Å². The summed E-state index contributed by atoms with van der Waals surface area (Å²) in [5, 5.41) is 1.21. The summed E-state index contributed by atoms with van der Waals surface area (Å²) in [6, 6.07) is 10.6. The van der Waals surface area contributed by atoms with Gasteiger partial charge >= 0.3 is 0 Å². The molecule has 2 nitrogen and oxygen atoms in total. The van der Waals surface area contributed by atoms with Gasteiger partial charge in [0.25, 0.3) is 0 Å². The smallest absolute Gasteiger partial charge is 0.0708 e. The lowest BCUT2D eigenvalue weighted by molar-refractivity contribution is 0.557. The highest BCUT2D eigenvalue weighted by atomic mass is 14.7. The van der Waals surface area contributed by atoms with E-state index < -0.39 is 0 Å². The van der Waals surface area contributed by atoms with Crippen LogP contribution >= 0.6 is 0 Å². The minimum atomic E-state index is 0.128. The largest absolute Gasteiger partial charge is 0.324 e. The summed E-state index contributed by atoms with van der Waals surface area (Å²) < 4.78 is 0. The summed E-state index contributed by atoms with van der Waals surface area (Å²) in [4.78, 5) is 4.58. The maximum atomic E-state index is 6.42. The van der Waals surface area contributed by atoms with Gasteiger partial charge in [0.2, 0.25) is 0 Å². The highest BCUT2D eigenvalue weighted by molar-refractivity contribution is 5.82. The first-order valence-corrected chi connectivity index (χ1v) is 7.84. The van der Waals surface area contributed by atoms with E-state index in [4.69, 9.17) is 5.73 Å². The van der Waals surface area contributed by atoms with Gasteiger partial charge in [-0.05, 0) is 31.0 Å². The van der Waals surface area contributed by atoms with Gasteiger partial charge in [-0.1, -0.05) is 57.2 Å². The molecule has 0 amide bonds. The van der Waals surface area contributed by atoms with Crippen LogP contribution in [0.3, 0.4) is 0 Å². The molecule has 0 saturated heterocycles. The van der Waals surface area contributed by atoms with E-state index in [0.717, 1.165) is 17.6 Å². The SMILES string of the molecule is CCCCCCCC(N)c1cc(C)nc2ccccc12. The van der Waals surface area contributed by atoms with Crippen LogP contribution in [0.4, 0.5) is 0 Å². The number of rotatable bonds is 7. The van der Waals surface area contributed by atoms with Crippen LogP contribution in [0.15, 0.2) is 30.3 Å². The van der Waals surface area contributed by atoms with E-state index >= 15 is 0 Å². The molecule has 1 aromatic heterocycles. The molecule has 0 spiro atoms. The van der Waals surface area contributed by atoms with Crippen molar-refractivity contribution in [2.45, 2.75) is 58.4 Å². The quantitative estimate of drug-likeness (QED) is 0.726. The summed E-state index contributed by atoms with van der Waals surface area (Å²) in [6.07, 6.45) is 7.55. The fourth-order valence-corrected chi connectivity index (χ4v) is 2.77. The molecule has 1 aromatic carbocycles. The molecule has 0 aliphatic rings. The molecule has 20 heavy (non-hydrogen) atoms. The van der Waals surface area contributed by atoms with Crippen LogP contribution in [0.2, 0.25) is 0 Å². The Morgan fingerprint density at radius 1 is 1.10 bits per heavy atom. The van der Waals surface area contributed by atoms with Gasteiger partial charge in [-0.3, -0.25) is 4.98 Å². The number of hydrogen-bond acceptors (Lipinski definition) is 2. The van der Waals surface area contributed by atoms with Crippen LogP contribution in [-0.2, 0) is 0 Å². The van der Waals surface area contributed by atoms with E-state index in [2.05, 4.69) is 36.2 Å². The third-order valence-electron chi connectivity index (χ3n) is 3.89. The molecule has 1 heterocycles. The zero-order valence-electron chi connectivity index (χ0n) is 12.7. The fraction of sp³-hybridized carbons (Fsp3) is 0.500. The molecular weight excluding hydrogens is 244 g/mol. The molecule has 0 saturated carbocycles. The molecule has 108 valence electrons. The molecular formula is C18H26N2. The molecule has 0 aliphatic carbocycles. The lowest BCUT2D eigenvalue weighted by Gasteiger charge is -2.15. The second kappa shape index (κ2) is 7.39. The van der Waals surface area contributed by atoms with Gasteiger partial charge in [0.15, 0.2) is 0 Å². The normalized spacial score (nSPS) is 12.8. The standard InChI is InChI=1S/C18H26N2/c1-3-4-5-6-7-11-17(19)16-13-14(2)20-18-12-9-8-10-15(16)18/h8-10,12-13,17H,3-7,11,19H2,1-2H3. The molecule has 0 aliphatic heterocycles. The fourth-order valence-electron chi connectivity index (χ4n) is 2.77. The number of unbranched alkanes of at least 4 members (excludes halogenated alkanes) is 4. The Labute approximate surface area is 122 Å². The van der Waals surface area contributed by atoms with Crippen molar-refractivity contribution in [3.8, 4) is 0 Å². The van der Waals surface area contributed by atoms with Crippen molar-refractivity contribution >= 4 is 10.9 Å². The average molecular weight is 270 g/mol. The lowest BCUT2D eigenvalue weighted by atomic mass is 9.97. The molecule has 2 rings (SSSR count). The van der Waals surface area contributed by atoms with Crippen LogP contribution < -0.4 is 5.73 Å². The molecule has 1 unspecified atom stereocenters. The van der Waals surface area contributed by atoms with E-state index in [9.17, 15) is 0 Å². The Morgan fingerprint density at radius 2 is 1.85 bits per heavy atom. The van der Waals surface area contributed by atoms with Crippen molar-refractivity contribution in [1.82, 2.24) is 4.98 Å². The van der Waals surface area contributed by atoms with Crippen LogP contribution in [0, 0.1) is 6.92 Å². The van der Waals surface area contributed by atoms with Gasteiger partial charge in [0, 0.05) is 17.1 Å². The zero-order chi connectivity index (χ0) is 14.4. The predicted octanol–water partition coefficient (Wildman–Crippen LogP) is 4.90. The second-order valence-electron chi connectivity index (χ2n) is 5.68. The van der Waals surface area contributed by atoms with Crippen LogP contribution in [0.25, 0.3) is 10.9 Å². The van der Waals surface area contributed by atoms with Gasteiger partial charge in [0.05, 0.1) is 5.52 Å². The zero-order valence-corrected chi connectivity index (χ0v) is 12.7. The highest BCUT2D eigenvalue weighted by Gasteiger charge is 2.11. The van der Waals surface area contributed by atoms with Gasteiger partial charge < -0.3 is 5.73 Å². The second-order valence-corrected chi connectivity index (χ2v) is 5.68. The van der Waals surface area contributed by atoms with Crippen molar-refractivity contribution in [3.63, 3.8) is 0 Å². The minimum Gasteiger partial charge on any atom is -0.324 e. The average Bonchev–Trinajstić information content (AvgIpc) is 2.46. The number of nitrogens with two attached hydrogens (primary N) is 1. The summed E-state index contributed by atoms with van der Waals surface area (Å²) in [7, 11) is 0. The van der Waals surface area contributed by atoms with E-state index in [1.54, 1.807) is 0 Å². The van der Waals surface area contributed by atoms with Crippen LogP contribution in [0.1, 0.15) is 62.7 Å². The minimum absolute atomic E-state index is 0.128. The molecule has 0 fully saturated rings. The Bertz CT molecular complexity index is 548. The summed E-state index contributed by atoms with van der Waals surface area (Å²) in [5.41, 5.74) is 9.79. The van der Waals surface area contributed by atoms with Gasteiger partial charge in [-0.15, -0.1) is 0 Å². The number of para-hydroxylation sites is 1. The summed E-state index contributed by atoms with van der Waals surface area (Å²) in [5.74, 6) is 0. The summed E-state index contributed by atoms with van der Waals surface area (Å²) in [6.45, 7) is 4.29. The van der Waals surface area contributed by atoms with Crippen molar-refractivity contribution in [2.24, 2.45) is 5.73 Å². The van der Waals surface area contributed by atoms with Crippen LogP contribution in [0.5, 0.6) is 0 Å². The Hall–Kier alpha value is -1.41. The maximum absolute atomic E-state index is 6.42. The molecule has 2 N–H and O–H groups in total. The third kappa shape index (κ3) is 3.80. The Kier molecular flexibility index (Phi) is 5.54. The number of benzene rings is 1. The Morgan fingerprint density at radius 3 is 2.65 bits per heavy atom. The molecule has 0 radical (unpaired) electrons. The number of aromatic nitrogens is 1. The molecule has 2 heteroatoms. The number of pyridine rings is 1. The van der Waals surface area contributed by atoms with Crippen LogP contribution in [-0.4, -0.2) is 4.98 Å². The van der Waals surface area contributed by atoms with E-state index in [1.165, 1.54) is 43.1 Å². The maximum Gasteiger partial charge on any atom is 0.0708 e. The summed E-state index contributed by atoms with van der Waals surface area (Å²) >= 11 is 0. The highest BCUT2D eigenvalue weighted by Crippen LogP contribution is 2.26. The van der Waals surface area contributed by atoms with E-state index in [1.807, 2.05) is 13.0 Å². The predicted molar refractivity (Wildman–Crippen MR) is 86.8 cm³/mol. The topological polar surface area (TPSA) is 38.9 Å². The Balaban J connectivity index is 2.07. The molecule has 1 atom stereocenters. The first-order chi connectivity index (χ1) is 9.72. The van der Waals surface area contributed by atoms with Crippen molar-refractivity contribution in [2.75, 3.05) is 0 Å². The number of hydrogen-bond donors (Lipinski definition) is 1. The van der Waals surface area contributed by atoms with Crippen molar-refractivity contribution in [1.29, 1.82) is 0 Å². The first kappa shape index (κ1) is 15.0. The lowest BCUT2D eigenvalue weighted by Crippen LogP contribution is -2.11. The molecule has 2 aromatic rings. The number of aryl methyl sites for hydroxylation is 1. The number of fused-ring (bicyclic) bond motifs is 1. The van der Waals surface area contributed by atoms with Gasteiger partial charge in [0.1, 0.15) is 0 Å². The van der Waals surface area contributed by atoms with Crippen molar-refractivity contribution in [3.05, 3.63) is 41.6 Å². The van der Waals surface area contributed by atoms with E-state index in [0.29, 0.717) is 0 Å². The van der Waals surface area contributed by atoms with Gasteiger partial charge in [-0.25, -0.2) is 0 Å². The molecule has 0 bridgehead atoms. The number of nitrogens with zero attached hydrogens (tertiary/aromatic N) is 1. The first-order valence-electron chi connectivity index (χ1n) is 7.84. The monoisotopic (exact) mass is 270 g/mol. The van der Waals surface area contributed by atoms with Crippen molar-refractivity contribution < 1.29 is 0 Å².